The Balaban J connectivity index is 3.02. The second kappa shape index (κ2) is 9.24. The first-order valence-electron chi connectivity index (χ1n) is 6.75. The lowest BCUT2D eigenvalue weighted by Gasteiger charge is -2.16. The summed E-state index contributed by atoms with van der Waals surface area (Å²) in [6, 6.07) is 5.70. The molecule has 120 valence electrons. The van der Waals surface area contributed by atoms with Crippen molar-refractivity contribution in [3.05, 3.63) is 51.8 Å². The standard InChI is InChI=1S/C15H20BrN3O3/c1-4-12(15(20)19-22-5-2)14(9-17-21)18-13-7-6-11(16)8-10(13)3/h4,6-9,17-18,21H,5H2,1-3H3,(H,19,20)/b12-4+,14-9+. The number of benzene rings is 1. The van der Waals surface area contributed by atoms with Crippen molar-refractivity contribution in [2.24, 2.45) is 0 Å². The normalized spacial score (nSPS) is 12.0. The molecule has 0 unspecified atom stereocenters. The monoisotopic (exact) mass is 369 g/mol. The highest BCUT2D eigenvalue weighted by Crippen LogP contribution is 2.23. The van der Waals surface area contributed by atoms with Gasteiger partial charge in [0.25, 0.3) is 5.91 Å². The van der Waals surface area contributed by atoms with E-state index in [0.29, 0.717) is 17.9 Å². The number of halogens is 1. The molecule has 1 amide bonds. The average Bonchev–Trinajstić information content (AvgIpc) is 2.48. The lowest BCUT2D eigenvalue weighted by Crippen LogP contribution is -2.28. The number of carbonyl (C=O) groups excluding carboxylic acids is 1. The maximum atomic E-state index is 12.1. The van der Waals surface area contributed by atoms with E-state index in [9.17, 15) is 4.79 Å². The second-order valence-electron chi connectivity index (χ2n) is 4.34. The van der Waals surface area contributed by atoms with Crippen molar-refractivity contribution in [1.29, 1.82) is 0 Å². The van der Waals surface area contributed by atoms with E-state index < -0.39 is 5.91 Å². The lowest BCUT2D eigenvalue weighted by molar-refractivity contribution is -0.128. The van der Waals surface area contributed by atoms with Crippen molar-refractivity contribution < 1.29 is 14.8 Å². The molecule has 0 heterocycles. The molecule has 1 aromatic carbocycles. The van der Waals surface area contributed by atoms with Crippen LogP contribution in [0.2, 0.25) is 0 Å². The minimum absolute atomic E-state index is 0.331. The highest BCUT2D eigenvalue weighted by molar-refractivity contribution is 9.10. The molecule has 1 aromatic rings. The van der Waals surface area contributed by atoms with E-state index in [0.717, 1.165) is 15.7 Å². The van der Waals surface area contributed by atoms with Crippen LogP contribution in [0.5, 0.6) is 0 Å². The van der Waals surface area contributed by atoms with Crippen molar-refractivity contribution >= 4 is 27.5 Å². The Labute approximate surface area is 138 Å². The zero-order chi connectivity index (χ0) is 16.5. The number of amides is 1. The van der Waals surface area contributed by atoms with Crippen LogP contribution in [0.1, 0.15) is 19.4 Å². The van der Waals surface area contributed by atoms with Gasteiger partial charge in [-0.3, -0.25) is 20.3 Å². The molecule has 0 saturated carbocycles. The lowest BCUT2D eigenvalue weighted by atomic mass is 10.1. The molecule has 6 nitrogen and oxygen atoms in total. The van der Waals surface area contributed by atoms with Crippen LogP contribution in [0.4, 0.5) is 5.69 Å². The summed E-state index contributed by atoms with van der Waals surface area (Å²) >= 11 is 3.40. The molecule has 0 aromatic heterocycles. The van der Waals surface area contributed by atoms with E-state index in [2.05, 4.69) is 26.7 Å². The van der Waals surface area contributed by atoms with Crippen LogP contribution in [-0.2, 0) is 9.63 Å². The molecule has 22 heavy (non-hydrogen) atoms. The van der Waals surface area contributed by atoms with Crippen molar-refractivity contribution in [2.45, 2.75) is 20.8 Å². The number of aryl methyl sites for hydroxylation is 1. The molecule has 0 bridgehead atoms. The molecule has 4 N–H and O–H groups in total. The summed E-state index contributed by atoms with van der Waals surface area (Å²) in [4.78, 5) is 17.0. The van der Waals surface area contributed by atoms with E-state index in [4.69, 9.17) is 10.0 Å². The van der Waals surface area contributed by atoms with Crippen LogP contribution < -0.4 is 16.3 Å². The van der Waals surface area contributed by atoms with Crippen LogP contribution in [0, 0.1) is 6.92 Å². The van der Waals surface area contributed by atoms with Crippen molar-refractivity contribution in [3.63, 3.8) is 0 Å². The van der Waals surface area contributed by atoms with Gasteiger partial charge >= 0.3 is 0 Å². The fourth-order valence-corrected chi connectivity index (χ4v) is 2.24. The third kappa shape index (κ3) is 5.18. The number of anilines is 1. The minimum atomic E-state index is -0.409. The molecule has 0 aliphatic rings. The van der Waals surface area contributed by atoms with Crippen LogP contribution in [0.25, 0.3) is 0 Å². The third-order valence-corrected chi connectivity index (χ3v) is 3.29. The van der Waals surface area contributed by atoms with Crippen LogP contribution in [-0.4, -0.2) is 17.7 Å². The molecule has 0 saturated heterocycles. The minimum Gasteiger partial charge on any atom is -0.353 e. The number of carbonyl (C=O) groups is 1. The van der Waals surface area contributed by atoms with Crippen LogP contribution in [0.15, 0.2) is 46.2 Å². The fraction of sp³-hybridized carbons (Fsp3) is 0.267. The zero-order valence-corrected chi connectivity index (χ0v) is 14.3. The SMILES string of the molecule is C/C=C(C(=O)NOCC)\C(=C/NO)Nc1ccc(Br)cc1C. The predicted molar refractivity (Wildman–Crippen MR) is 89.0 cm³/mol. The summed E-state index contributed by atoms with van der Waals surface area (Å²) in [5.74, 6) is -0.409. The first kappa shape index (κ1) is 18.2. The summed E-state index contributed by atoms with van der Waals surface area (Å²) in [6.07, 6.45) is 2.92. The molecule has 0 aliphatic heterocycles. The second-order valence-corrected chi connectivity index (χ2v) is 5.25. The van der Waals surface area contributed by atoms with Gasteiger partial charge in [-0.25, -0.2) is 5.48 Å². The number of allylic oxidation sites excluding steroid dienone is 1. The maximum Gasteiger partial charge on any atom is 0.276 e. The summed E-state index contributed by atoms with van der Waals surface area (Å²) in [6.45, 7) is 5.79. The van der Waals surface area contributed by atoms with E-state index in [1.54, 1.807) is 19.9 Å². The van der Waals surface area contributed by atoms with Gasteiger partial charge in [0.1, 0.15) is 0 Å². The van der Waals surface area contributed by atoms with Crippen LogP contribution in [0.3, 0.4) is 0 Å². The van der Waals surface area contributed by atoms with Crippen LogP contribution >= 0.6 is 15.9 Å². The van der Waals surface area contributed by atoms with E-state index in [-0.39, 0.29) is 0 Å². The first-order chi connectivity index (χ1) is 10.5. The Bertz CT molecular complexity index is 585. The van der Waals surface area contributed by atoms with Gasteiger partial charge in [0, 0.05) is 16.4 Å². The van der Waals surface area contributed by atoms with Gasteiger partial charge in [-0.15, -0.1) is 0 Å². The Hall–Kier alpha value is -1.83. The van der Waals surface area contributed by atoms with Gasteiger partial charge in [-0.2, -0.15) is 0 Å². The predicted octanol–water partition coefficient (Wildman–Crippen LogP) is 3.00. The maximum absolute atomic E-state index is 12.1. The Morgan fingerprint density at radius 1 is 1.45 bits per heavy atom. The molecule has 0 aliphatic carbocycles. The molecule has 1 rings (SSSR count). The molecule has 0 atom stereocenters. The Morgan fingerprint density at radius 3 is 2.73 bits per heavy atom. The van der Waals surface area contributed by atoms with Gasteiger partial charge in [0.2, 0.25) is 0 Å². The summed E-state index contributed by atoms with van der Waals surface area (Å²) < 4.78 is 0.960. The number of rotatable bonds is 7. The van der Waals surface area contributed by atoms with Gasteiger partial charge < -0.3 is 5.32 Å². The average molecular weight is 370 g/mol. The quantitative estimate of drug-likeness (QED) is 0.337. The summed E-state index contributed by atoms with van der Waals surface area (Å²) in [7, 11) is 0. The largest absolute Gasteiger partial charge is 0.353 e. The van der Waals surface area contributed by atoms with Crippen molar-refractivity contribution in [1.82, 2.24) is 11.0 Å². The summed E-state index contributed by atoms with van der Waals surface area (Å²) in [5, 5.41) is 12.1. The van der Waals surface area contributed by atoms with Gasteiger partial charge in [0.15, 0.2) is 0 Å². The topological polar surface area (TPSA) is 82.6 Å². The molecule has 0 fully saturated rings. The highest BCUT2D eigenvalue weighted by atomic mass is 79.9. The molecular formula is C15H20BrN3O3. The smallest absolute Gasteiger partial charge is 0.276 e. The Morgan fingerprint density at radius 2 is 2.18 bits per heavy atom. The molecule has 0 radical (unpaired) electrons. The van der Waals surface area contributed by atoms with Gasteiger partial charge in [0.05, 0.1) is 17.9 Å². The van der Waals surface area contributed by atoms with E-state index >= 15 is 0 Å². The van der Waals surface area contributed by atoms with E-state index in [1.165, 1.54) is 6.20 Å². The summed E-state index contributed by atoms with van der Waals surface area (Å²) in [5.41, 5.74) is 6.81. The number of hydrogen-bond acceptors (Lipinski definition) is 5. The zero-order valence-electron chi connectivity index (χ0n) is 12.7. The Kier molecular flexibility index (Phi) is 7.65. The number of hydroxylamine groups is 2. The van der Waals surface area contributed by atoms with Crippen molar-refractivity contribution in [3.8, 4) is 0 Å². The molecule has 0 spiro atoms. The van der Waals surface area contributed by atoms with Crippen molar-refractivity contribution in [2.75, 3.05) is 11.9 Å². The third-order valence-electron chi connectivity index (χ3n) is 2.80. The fourth-order valence-electron chi connectivity index (χ4n) is 1.76. The van der Waals surface area contributed by atoms with E-state index in [1.807, 2.05) is 30.6 Å². The number of nitrogens with one attached hydrogen (secondary N) is 3. The van der Waals surface area contributed by atoms with Gasteiger partial charge in [-0.05, 0) is 44.5 Å². The molecular weight excluding hydrogens is 350 g/mol. The number of hydrogen-bond donors (Lipinski definition) is 4. The first-order valence-corrected chi connectivity index (χ1v) is 7.54. The molecule has 7 heteroatoms. The highest BCUT2D eigenvalue weighted by Gasteiger charge is 2.15. The van der Waals surface area contributed by atoms with Gasteiger partial charge in [-0.1, -0.05) is 22.0 Å².